The molecule has 0 aromatic heterocycles. The smallest absolute Gasteiger partial charge is 0.0558 e. The van der Waals surface area contributed by atoms with Crippen LogP contribution < -0.4 is 0 Å². The summed E-state index contributed by atoms with van der Waals surface area (Å²) >= 11 is 1.71. The van der Waals surface area contributed by atoms with Gasteiger partial charge in [0.2, 0.25) is 0 Å². The van der Waals surface area contributed by atoms with Crippen molar-refractivity contribution in [3.8, 4) is 0 Å². The van der Waals surface area contributed by atoms with Crippen LogP contribution in [0.25, 0.3) is 0 Å². The maximum absolute atomic E-state index is 8.48. The molecule has 0 bridgehead atoms. The van der Waals surface area contributed by atoms with Crippen LogP contribution in [0.3, 0.4) is 0 Å². The van der Waals surface area contributed by atoms with Crippen LogP contribution in [0, 0.1) is 0 Å². The van der Waals surface area contributed by atoms with Gasteiger partial charge in [0.05, 0.1) is 19.8 Å². The van der Waals surface area contributed by atoms with Crippen LogP contribution in [0.2, 0.25) is 4.44 Å². The Morgan fingerprint density at radius 2 is 1.16 bits per heavy atom. The predicted molar refractivity (Wildman–Crippen MR) is 81.6 cm³/mol. The van der Waals surface area contributed by atoms with Crippen LogP contribution in [0.1, 0.15) is 45.4 Å². The Labute approximate surface area is 132 Å². The molecule has 0 atom stereocenters. The van der Waals surface area contributed by atoms with E-state index in [1.165, 1.54) is 43.0 Å². The van der Waals surface area contributed by atoms with Crippen molar-refractivity contribution in [3.63, 3.8) is 0 Å². The summed E-state index contributed by atoms with van der Waals surface area (Å²) in [6.45, 7) is 4.02. The third kappa shape index (κ3) is 21.1. The topological polar surface area (TPSA) is 63.9 Å². The van der Waals surface area contributed by atoms with Crippen LogP contribution in [0.4, 0.5) is 0 Å². The first-order valence-electron chi connectivity index (χ1n) is 7.46. The maximum Gasteiger partial charge on any atom is 0.0558 e. The van der Waals surface area contributed by atoms with E-state index in [1.807, 2.05) is 0 Å². The average Bonchev–Trinajstić information content (AvgIpc) is 2.40. The number of aliphatic hydroxyl groups excluding tert-OH is 3. The number of hydrogen-bond donors (Lipinski definition) is 3. The summed E-state index contributed by atoms with van der Waals surface area (Å²) in [6.07, 6.45) is 8.71. The summed E-state index contributed by atoms with van der Waals surface area (Å²) in [5.41, 5.74) is 0. The molecule has 0 amide bonds. The van der Waals surface area contributed by atoms with Crippen molar-refractivity contribution in [1.82, 2.24) is 4.90 Å². The summed E-state index contributed by atoms with van der Waals surface area (Å²) in [7, 11) is 0. The molecule has 0 rings (SSSR count). The van der Waals surface area contributed by atoms with Gasteiger partial charge in [0, 0.05) is 19.6 Å². The van der Waals surface area contributed by atoms with Crippen LogP contribution in [-0.2, 0) is 0 Å². The molecule has 115 valence electrons. The second-order valence-corrected chi connectivity index (χ2v) is 5.96. The fourth-order valence-electron chi connectivity index (χ4n) is 1.67. The first-order chi connectivity index (χ1) is 9.26. The summed E-state index contributed by atoms with van der Waals surface area (Å²) < 4.78 is 1.46. The molecule has 0 aliphatic carbocycles. The van der Waals surface area contributed by atoms with Gasteiger partial charge in [-0.15, -0.1) is 0 Å². The maximum atomic E-state index is 8.48. The van der Waals surface area contributed by atoms with Gasteiger partial charge in [0.1, 0.15) is 0 Å². The van der Waals surface area contributed by atoms with Crippen LogP contribution in [0.5, 0.6) is 0 Å². The van der Waals surface area contributed by atoms with Crippen molar-refractivity contribution in [2.75, 3.05) is 39.5 Å². The zero-order valence-electron chi connectivity index (χ0n) is 12.5. The molecule has 0 aromatic rings. The van der Waals surface area contributed by atoms with Crippen molar-refractivity contribution in [2.45, 2.75) is 49.9 Å². The SMILES string of the molecule is CCCCCCC[CH2][Sn].OCCN(CCO)CCO. The van der Waals surface area contributed by atoms with E-state index in [2.05, 4.69) is 6.92 Å². The van der Waals surface area contributed by atoms with E-state index < -0.39 is 0 Å². The van der Waals surface area contributed by atoms with Gasteiger partial charge in [-0.25, -0.2) is 0 Å². The molecule has 3 N–H and O–H groups in total. The first-order valence-corrected chi connectivity index (χ1v) is 9.48. The fraction of sp³-hybridized carbons (Fsp3) is 1.00. The van der Waals surface area contributed by atoms with E-state index in [4.69, 9.17) is 15.3 Å². The molecular weight excluding hydrogens is 349 g/mol. The Balaban J connectivity index is 0. The number of nitrogens with zero attached hydrogens (tertiary/aromatic N) is 1. The zero-order valence-corrected chi connectivity index (χ0v) is 15.3. The molecule has 0 heterocycles. The van der Waals surface area contributed by atoms with Crippen molar-refractivity contribution in [2.24, 2.45) is 0 Å². The molecule has 3 radical (unpaired) electrons. The fourth-order valence-corrected chi connectivity index (χ4v) is 2.38. The van der Waals surface area contributed by atoms with Gasteiger partial charge in [-0.3, -0.25) is 4.90 Å². The summed E-state index contributed by atoms with van der Waals surface area (Å²) in [5, 5.41) is 25.5. The standard InChI is InChI=1S/C8H17.C6H15NO3.Sn/c1-3-5-7-8-6-4-2;8-4-1-7(2-5-9)3-6-10;/h1,3-8H2,2H3;8-10H,1-6H2;. The number of aliphatic hydroxyl groups is 3. The third-order valence-corrected chi connectivity index (χ3v) is 3.79. The Morgan fingerprint density at radius 1 is 0.737 bits per heavy atom. The van der Waals surface area contributed by atoms with Gasteiger partial charge in [0.25, 0.3) is 0 Å². The van der Waals surface area contributed by atoms with Gasteiger partial charge >= 0.3 is 72.4 Å². The van der Waals surface area contributed by atoms with E-state index in [-0.39, 0.29) is 19.8 Å². The molecule has 0 fully saturated rings. The Kier molecular flexibility index (Phi) is 24.2. The minimum Gasteiger partial charge on any atom is -0.395 e. The van der Waals surface area contributed by atoms with E-state index in [9.17, 15) is 0 Å². The molecule has 0 spiro atoms. The number of hydrogen-bond acceptors (Lipinski definition) is 4. The molecule has 19 heavy (non-hydrogen) atoms. The van der Waals surface area contributed by atoms with Crippen molar-refractivity contribution in [3.05, 3.63) is 0 Å². The molecule has 5 heteroatoms. The summed E-state index contributed by atoms with van der Waals surface area (Å²) in [4.78, 5) is 1.79. The Morgan fingerprint density at radius 3 is 1.53 bits per heavy atom. The zero-order chi connectivity index (χ0) is 14.8. The molecule has 0 saturated heterocycles. The van der Waals surface area contributed by atoms with Crippen LogP contribution >= 0.6 is 0 Å². The van der Waals surface area contributed by atoms with Crippen LogP contribution in [0.15, 0.2) is 0 Å². The minimum absolute atomic E-state index is 0.0694. The van der Waals surface area contributed by atoms with E-state index in [1.54, 1.807) is 27.4 Å². The minimum atomic E-state index is 0.0694. The largest absolute Gasteiger partial charge is 0.395 e. The normalized spacial score (nSPS) is 10.4. The van der Waals surface area contributed by atoms with Crippen molar-refractivity contribution in [1.29, 1.82) is 0 Å². The first kappa shape index (κ1) is 21.9. The van der Waals surface area contributed by atoms with Crippen molar-refractivity contribution < 1.29 is 15.3 Å². The van der Waals surface area contributed by atoms with E-state index >= 15 is 0 Å². The van der Waals surface area contributed by atoms with E-state index in [0.717, 1.165) is 0 Å². The molecule has 0 aliphatic heterocycles. The van der Waals surface area contributed by atoms with Gasteiger partial charge in [-0.1, -0.05) is 0 Å². The quantitative estimate of drug-likeness (QED) is 0.351. The Hall–Kier alpha value is 0.639. The van der Waals surface area contributed by atoms with Crippen LogP contribution in [-0.4, -0.2) is 82.2 Å². The summed E-state index contributed by atoms with van der Waals surface area (Å²) in [6, 6.07) is 0. The summed E-state index contributed by atoms with van der Waals surface area (Å²) in [5.74, 6) is 0. The third-order valence-electron chi connectivity index (χ3n) is 2.78. The molecule has 0 unspecified atom stereocenters. The molecule has 0 aromatic carbocycles. The van der Waals surface area contributed by atoms with Gasteiger partial charge in [-0.2, -0.15) is 0 Å². The molecular formula is C14H32NO3Sn. The molecule has 4 nitrogen and oxygen atoms in total. The van der Waals surface area contributed by atoms with E-state index in [0.29, 0.717) is 19.6 Å². The van der Waals surface area contributed by atoms with Gasteiger partial charge in [0.15, 0.2) is 0 Å². The number of rotatable bonds is 12. The molecule has 0 saturated carbocycles. The average molecular weight is 381 g/mol. The monoisotopic (exact) mass is 382 g/mol. The second kappa shape index (κ2) is 20.9. The predicted octanol–water partition coefficient (Wildman–Crippen LogP) is 1.20. The number of unbranched alkanes of at least 4 members (excludes halogenated alkanes) is 5. The molecule has 0 aliphatic rings. The van der Waals surface area contributed by atoms with Gasteiger partial charge < -0.3 is 15.3 Å². The van der Waals surface area contributed by atoms with Crippen molar-refractivity contribution >= 4 is 22.5 Å². The van der Waals surface area contributed by atoms with Gasteiger partial charge in [-0.05, 0) is 0 Å². The Bertz CT molecular complexity index is 130. The second-order valence-electron chi connectivity index (χ2n) is 4.53.